The Labute approximate surface area is 151 Å². The number of ether oxygens (including phenoxy) is 2. The largest absolute Gasteiger partial charge is 0.477 e. The third-order valence-corrected chi connectivity index (χ3v) is 5.04. The molecule has 1 saturated carbocycles. The molecule has 6 nitrogen and oxygen atoms in total. The first-order valence-corrected chi connectivity index (χ1v) is 8.74. The highest BCUT2D eigenvalue weighted by Gasteiger charge is 2.47. The molecule has 0 spiro atoms. The second-order valence-corrected chi connectivity index (χ2v) is 6.43. The van der Waals surface area contributed by atoms with Crippen molar-refractivity contribution in [2.45, 2.75) is 31.6 Å². The molecule has 3 aromatic heterocycles. The minimum Gasteiger partial charge on any atom is -0.477 e. The highest BCUT2D eigenvalue weighted by atomic mass is 16.5. The summed E-state index contributed by atoms with van der Waals surface area (Å²) in [5.74, 6) is 1.01. The van der Waals surface area contributed by atoms with Gasteiger partial charge >= 0.3 is 5.97 Å². The smallest absolute Gasteiger partial charge is 0.316 e. The van der Waals surface area contributed by atoms with Crippen LogP contribution >= 0.6 is 0 Å². The SMILES string of the molecule is CCOc1nccc2oc(-c3ccc(C4(C(=O)OC)CCC4)cn3)cc12. The zero-order valence-electron chi connectivity index (χ0n) is 14.8. The first kappa shape index (κ1) is 16.6. The molecule has 1 fully saturated rings. The van der Waals surface area contributed by atoms with Crippen LogP contribution in [-0.2, 0) is 14.9 Å². The topological polar surface area (TPSA) is 74.5 Å². The predicted octanol–water partition coefficient (Wildman–Crippen LogP) is 3.88. The van der Waals surface area contributed by atoms with E-state index < -0.39 is 5.41 Å². The van der Waals surface area contributed by atoms with Crippen molar-refractivity contribution in [3.8, 4) is 17.3 Å². The number of methoxy groups -OCH3 is 1. The molecular weight excluding hydrogens is 332 g/mol. The van der Waals surface area contributed by atoms with E-state index in [1.165, 1.54) is 7.11 Å². The van der Waals surface area contributed by atoms with Crippen molar-refractivity contribution in [1.82, 2.24) is 9.97 Å². The van der Waals surface area contributed by atoms with Crippen molar-refractivity contribution in [3.05, 3.63) is 42.2 Å². The molecule has 4 rings (SSSR count). The standard InChI is InChI=1S/C20H20N2O4/c1-3-25-18-14-11-17(26-16(14)7-10-21-18)15-6-5-13(12-22-15)20(8-4-9-20)19(23)24-2/h5-7,10-12H,3-4,8-9H2,1-2H3. The zero-order valence-corrected chi connectivity index (χ0v) is 14.8. The number of carbonyl (C=O) groups excluding carboxylic acids is 1. The van der Waals surface area contributed by atoms with Gasteiger partial charge in [0.25, 0.3) is 0 Å². The number of nitrogens with zero attached hydrogens (tertiary/aromatic N) is 2. The number of aromatic nitrogens is 2. The van der Waals surface area contributed by atoms with Crippen LogP contribution in [0.15, 0.2) is 41.1 Å². The molecule has 1 aliphatic rings. The molecule has 0 saturated heterocycles. The van der Waals surface area contributed by atoms with E-state index >= 15 is 0 Å². The minimum atomic E-state index is -0.541. The molecule has 0 unspecified atom stereocenters. The van der Waals surface area contributed by atoms with Gasteiger partial charge in [-0.25, -0.2) is 4.98 Å². The predicted molar refractivity (Wildman–Crippen MR) is 96.0 cm³/mol. The van der Waals surface area contributed by atoms with Crippen molar-refractivity contribution in [2.75, 3.05) is 13.7 Å². The van der Waals surface area contributed by atoms with E-state index in [1.807, 2.05) is 25.1 Å². The summed E-state index contributed by atoms with van der Waals surface area (Å²) < 4.78 is 16.4. The molecule has 0 aliphatic heterocycles. The quantitative estimate of drug-likeness (QED) is 0.649. The second kappa shape index (κ2) is 6.44. The molecule has 0 amide bonds. The lowest BCUT2D eigenvalue weighted by Gasteiger charge is -2.39. The van der Waals surface area contributed by atoms with Crippen LogP contribution < -0.4 is 4.74 Å². The van der Waals surface area contributed by atoms with E-state index in [0.29, 0.717) is 29.5 Å². The molecule has 3 heterocycles. The fourth-order valence-corrected chi connectivity index (χ4v) is 3.48. The fourth-order valence-electron chi connectivity index (χ4n) is 3.48. The average Bonchev–Trinajstić information content (AvgIpc) is 3.07. The van der Waals surface area contributed by atoms with Crippen LogP contribution in [0.4, 0.5) is 0 Å². The van der Waals surface area contributed by atoms with Gasteiger partial charge in [-0.05, 0) is 37.5 Å². The Morgan fingerprint density at radius 1 is 1.27 bits per heavy atom. The lowest BCUT2D eigenvalue weighted by molar-refractivity contribution is -0.151. The van der Waals surface area contributed by atoms with Crippen LogP contribution in [-0.4, -0.2) is 29.7 Å². The summed E-state index contributed by atoms with van der Waals surface area (Å²) in [6, 6.07) is 7.50. The van der Waals surface area contributed by atoms with Gasteiger partial charge in [0.1, 0.15) is 11.3 Å². The Morgan fingerprint density at radius 2 is 2.12 bits per heavy atom. The molecule has 0 bridgehead atoms. The number of hydrogen-bond donors (Lipinski definition) is 0. The number of pyridine rings is 2. The van der Waals surface area contributed by atoms with Gasteiger partial charge < -0.3 is 13.9 Å². The van der Waals surface area contributed by atoms with E-state index in [-0.39, 0.29) is 5.97 Å². The molecule has 0 atom stereocenters. The van der Waals surface area contributed by atoms with Crippen molar-refractivity contribution < 1.29 is 18.7 Å². The molecular formula is C20H20N2O4. The van der Waals surface area contributed by atoms with Crippen molar-refractivity contribution in [3.63, 3.8) is 0 Å². The highest BCUT2D eigenvalue weighted by molar-refractivity contribution is 5.87. The fraction of sp³-hybridized carbons (Fsp3) is 0.350. The summed E-state index contributed by atoms with van der Waals surface area (Å²) >= 11 is 0. The van der Waals surface area contributed by atoms with Crippen LogP contribution in [0.25, 0.3) is 22.4 Å². The molecule has 0 N–H and O–H groups in total. The third-order valence-electron chi connectivity index (χ3n) is 5.04. The Morgan fingerprint density at radius 3 is 2.73 bits per heavy atom. The molecule has 0 radical (unpaired) electrons. The maximum absolute atomic E-state index is 12.2. The molecule has 1 aliphatic carbocycles. The Kier molecular flexibility index (Phi) is 4.11. The van der Waals surface area contributed by atoms with Crippen molar-refractivity contribution in [2.24, 2.45) is 0 Å². The minimum absolute atomic E-state index is 0.186. The van der Waals surface area contributed by atoms with Crippen LogP contribution in [0.2, 0.25) is 0 Å². The van der Waals surface area contributed by atoms with Crippen LogP contribution in [0.3, 0.4) is 0 Å². The van der Waals surface area contributed by atoms with Gasteiger partial charge in [-0.2, -0.15) is 0 Å². The molecule has 3 aromatic rings. The van der Waals surface area contributed by atoms with Gasteiger partial charge in [0.05, 0.1) is 24.5 Å². The average molecular weight is 352 g/mol. The van der Waals surface area contributed by atoms with Crippen LogP contribution in [0, 0.1) is 0 Å². The van der Waals surface area contributed by atoms with Gasteiger partial charge in [-0.1, -0.05) is 12.5 Å². The number of fused-ring (bicyclic) bond motifs is 1. The van der Waals surface area contributed by atoms with Gasteiger partial charge in [0, 0.05) is 18.5 Å². The number of rotatable bonds is 5. The molecule has 6 heteroatoms. The molecule has 0 aromatic carbocycles. The third kappa shape index (κ3) is 2.53. The number of hydrogen-bond acceptors (Lipinski definition) is 6. The van der Waals surface area contributed by atoms with Gasteiger partial charge in [-0.3, -0.25) is 9.78 Å². The Balaban J connectivity index is 1.68. The maximum Gasteiger partial charge on any atom is 0.316 e. The lowest BCUT2D eigenvalue weighted by atomic mass is 9.65. The summed E-state index contributed by atoms with van der Waals surface area (Å²) in [6.07, 6.45) is 6.03. The summed E-state index contributed by atoms with van der Waals surface area (Å²) in [4.78, 5) is 21.0. The van der Waals surface area contributed by atoms with Gasteiger partial charge in [0.15, 0.2) is 5.76 Å². The van der Waals surface area contributed by atoms with Crippen LogP contribution in [0.1, 0.15) is 31.7 Å². The first-order chi connectivity index (χ1) is 12.7. The molecule has 134 valence electrons. The highest BCUT2D eigenvalue weighted by Crippen LogP contribution is 2.44. The summed E-state index contributed by atoms with van der Waals surface area (Å²) in [5.41, 5.74) is 1.76. The summed E-state index contributed by atoms with van der Waals surface area (Å²) in [7, 11) is 1.43. The van der Waals surface area contributed by atoms with Crippen molar-refractivity contribution >= 4 is 16.9 Å². The first-order valence-electron chi connectivity index (χ1n) is 8.74. The van der Waals surface area contributed by atoms with E-state index in [4.69, 9.17) is 13.9 Å². The number of carbonyl (C=O) groups is 1. The number of esters is 1. The Hall–Kier alpha value is -2.89. The maximum atomic E-state index is 12.2. The van der Waals surface area contributed by atoms with E-state index in [1.54, 1.807) is 18.5 Å². The van der Waals surface area contributed by atoms with Gasteiger partial charge in [0.2, 0.25) is 5.88 Å². The monoisotopic (exact) mass is 352 g/mol. The Bertz CT molecular complexity index is 942. The summed E-state index contributed by atoms with van der Waals surface area (Å²) in [6.45, 7) is 2.45. The van der Waals surface area contributed by atoms with Crippen molar-refractivity contribution in [1.29, 1.82) is 0 Å². The van der Waals surface area contributed by atoms with E-state index in [9.17, 15) is 4.79 Å². The second-order valence-electron chi connectivity index (χ2n) is 6.43. The zero-order chi connectivity index (χ0) is 18.1. The van der Waals surface area contributed by atoms with E-state index in [0.717, 1.165) is 30.2 Å². The number of furan rings is 1. The van der Waals surface area contributed by atoms with Crippen LogP contribution in [0.5, 0.6) is 5.88 Å². The normalized spacial score (nSPS) is 15.5. The lowest BCUT2D eigenvalue weighted by Crippen LogP contribution is -2.43. The van der Waals surface area contributed by atoms with E-state index in [2.05, 4.69) is 9.97 Å². The van der Waals surface area contributed by atoms with Gasteiger partial charge in [-0.15, -0.1) is 0 Å². The molecule has 26 heavy (non-hydrogen) atoms. The summed E-state index contributed by atoms with van der Waals surface area (Å²) in [5, 5.41) is 0.820.